The highest BCUT2D eigenvalue weighted by molar-refractivity contribution is 7.99. The summed E-state index contributed by atoms with van der Waals surface area (Å²) in [6, 6.07) is 0.614. The average Bonchev–Trinajstić information content (AvgIpc) is 3.02. The van der Waals surface area contributed by atoms with E-state index >= 15 is 0 Å². The number of carbonyl (C=O) groups excluding carboxylic acids is 2. The molecule has 2 amide bonds. The number of carbonyl (C=O) groups is 2. The van der Waals surface area contributed by atoms with Gasteiger partial charge >= 0.3 is 6.09 Å². The quantitative estimate of drug-likeness (QED) is 0.654. The zero-order chi connectivity index (χ0) is 22.0. The van der Waals surface area contributed by atoms with Crippen molar-refractivity contribution in [2.45, 2.75) is 50.5 Å². The van der Waals surface area contributed by atoms with E-state index in [2.05, 4.69) is 15.7 Å². The van der Waals surface area contributed by atoms with Crippen molar-refractivity contribution in [3.63, 3.8) is 0 Å². The number of nitrogens with zero attached hydrogens (tertiary/aromatic N) is 2. The molecule has 29 heavy (non-hydrogen) atoms. The first-order chi connectivity index (χ1) is 13.3. The smallest absolute Gasteiger partial charge is 0.408 e. The summed E-state index contributed by atoms with van der Waals surface area (Å²) in [6.07, 6.45) is -0.702. The van der Waals surface area contributed by atoms with E-state index in [1.165, 1.54) is 21.9 Å². The highest BCUT2D eigenvalue weighted by Crippen LogP contribution is 2.34. The highest BCUT2D eigenvalue weighted by atomic mass is 32.2. The second-order valence-electron chi connectivity index (χ2n) is 7.56. The lowest BCUT2D eigenvalue weighted by atomic mass is 10.2. The maximum absolute atomic E-state index is 12.9. The lowest BCUT2D eigenvalue weighted by molar-refractivity contribution is -0.119. The second kappa shape index (κ2) is 9.37. The summed E-state index contributed by atoms with van der Waals surface area (Å²) in [5.74, 6) is 1.09. The largest absolute Gasteiger partial charge is 0.444 e. The van der Waals surface area contributed by atoms with Gasteiger partial charge in [-0.1, -0.05) is 0 Å². The van der Waals surface area contributed by atoms with Gasteiger partial charge in [-0.05, 0) is 40.7 Å². The number of hydrogen-bond donors (Lipinski definition) is 1. The second-order valence-corrected chi connectivity index (χ2v) is 12.7. The molecule has 2 heterocycles. The van der Waals surface area contributed by atoms with E-state index in [4.69, 9.17) is 4.74 Å². The molecule has 8 nitrogen and oxygen atoms in total. The van der Waals surface area contributed by atoms with Crippen LogP contribution in [0, 0.1) is 6.92 Å². The van der Waals surface area contributed by atoms with Crippen molar-refractivity contribution in [1.29, 1.82) is 0 Å². The summed E-state index contributed by atoms with van der Waals surface area (Å²) in [4.78, 5) is 25.3. The van der Waals surface area contributed by atoms with Crippen LogP contribution in [0.1, 0.15) is 32.6 Å². The molecule has 0 aromatic carbocycles. The maximum Gasteiger partial charge on any atom is 0.408 e. The normalized spacial score (nSPS) is 16.9. The van der Waals surface area contributed by atoms with Crippen molar-refractivity contribution >= 4 is 61.2 Å². The van der Waals surface area contributed by atoms with Crippen molar-refractivity contribution in [3.8, 4) is 0 Å². The van der Waals surface area contributed by atoms with Gasteiger partial charge in [-0.3, -0.25) is 4.79 Å². The van der Waals surface area contributed by atoms with Crippen LogP contribution >= 0.6 is 23.1 Å². The number of alkyl carbamates (subject to hydrolysis) is 1. The van der Waals surface area contributed by atoms with E-state index in [9.17, 15) is 18.0 Å². The predicted molar refractivity (Wildman–Crippen MR) is 117 cm³/mol. The van der Waals surface area contributed by atoms with Gasteiger partial charge < -0.3 is 14.6 Å². The van der Waals surface area contributed by atoms with Gasteiger partial charge in [0.2, 0.25) is 5.91 Å². The SMILES string of the molecule is Cc1sc(S(=O)(=O)N2CCSCC2)cc1N([Si])C(=O)[C@H](C)NC(=O)OC(C)(C)C. The van der Waals surface area contributed by atoms with Crippen LogP contribution in [-0.4, -0.2) is 71.4 Å². The van der Waals surface area contributed by atoms with Gasteiger partial charge in [0.15, 0.2) is 10.4 Å². The molecule has 1 atom stereocenters. The van der Waals surface area contributed by atoms with Gasteiger partial charge in [-0.15, -0.1) is 11.3 Å². The Kier molecular flexibility index (Phi) is 7.82. The average molecular weight is 477 g/mol. The van der Waals surface area contributed by atoms with Crippen molar-refractivity contribution < 1.29 is 22.7 Å². The fraction of sp³-hybridized carbons (Fsp3) is 0.647. The summed E-state index contributed by atoms with van der Waals surface area (Å²) < 4.78 is 33.8. The fourth-order valence-electron chi connectivity index (χ4n) is 2.57. The molecule has 161 valence electrons. The third kappa shape index (κ3) is 6.20. The van der Waals surface area contributed by atoms with Gasteiger partial charge in [-0.25, -0.2) is 13.2 Å². The van der Waals surface area contributed by atoms with E-state index < -0.39 is 33.7 Å². The topological polar surface area (TPSA) is 96.0 Å². The number of anilines is 1. The molecule has 1 N–H and O–H groups in total. The highest BCUT2D eigenvalue weighted by Gasteiger charge is 2.31. The van der Waals surface area contributed by atoms with Gasteiger partial charge in [0, 0.05) is 29.5 Å². The minimum absolute atomic E-state index is 0.195. The number of rotatable bonds is 5. The first kappa shape index (κ1) is 24.2. The number of thiophene rings is 1. The molecule has 0 spiro atoms. The van der Waals surface area contributed by atoms with Crippen molar-refractivity contribution in [3.05, 3.63) is 10.9 Å². The third-order valence-electron chi connectivity index (χ3n) is 4.00. The van der Waals surface area contributed by atoms with Crippen LogP contribution in [0.4, 0.5) is 10.5 Å². The fourth-order valence-corrected chi connectivity index (χ4v) is 7.23. The number of thioether (sulfide) groups is 1. The molecule has 0 bridgehead atoms. The molecular weight excluding hydrogens is 450 g/mol. The Morgan fingerprint density at radius 3 is 2.45 bits per heavy atom. The summed E-state index contributed by atoms with van der Waals surface area (Å²) >= 11 is 2.85. The van der Waals surface area contributed by atoms with E-state index in [1.807, 2.05) is 0 Å². The van der Waals surface area contributed by atoms with Gasteiger partial charge in [0.25, 0.3) is 10.0 Å². The first-order valence-corrected chi connectivity index (χ1v) is 12.9. The molecule has 1 aromatic rings. The summed E-state index contributed by atoms with van der Waals surface area (Å²) in [6.45, 7) is 9.43. The number of nitrogens with one attached hydrogen (secondary N) is 1. The number of hydrogen-bond acceptors (Lipinski definition) is 7. The van der Waals surface area contributed by atoms with E-state index in [0.717, 1.165) is 22.8 Å². The van der Waals surface area contributed by atoms with Crippen LogP contribution in [-0.2, 0) is 19.6 Å². The Bertz CT molecular complexity index is 860. The molecule has 0 aliphatic carbocycles. The maximum atomic E-state index is 12.9. The monoisotopic (exact) mass is 476 g/mol. The van der Waals surface area contributed by atoms with Crippen LogP contribution in [0.3, 0.4) is 0 Å². The van der Waals surface area contributed by atoms with Crippen molar-refractivity contribution in [2.75, 3.05) is 29.2 Å². The molecule has 1 fully saturated rings. The lowest BCUT2D eigenvalue weighted by Gasteiger charge is -2.25. The van der Waals surface area contributed by atoms with E-state index in [0.29, 0.717) is 23.7 Å². The number of sulfonamides is 1. The minimum atomic E-state index is -3.59. The number of ether oxygens (including phenoxy) is 1. The Morgan fingerprint density at radius 1 is 1.31 bits per heavy atom. The summed E-state index contributed by atoms with van der Waals surface area (Å²) in [5, 5.41) is 2.49. The summed E-state index contributed by atoms with van der Waals surface area (Å²) in [7, 11) is -0.315. The zero-order valence-corrected chi connectivity index (χ0v) is 20.6. The predicted octanol–water partition coefficient (Wildman–Crippen LogP) is 2.12. The van der Waals surface area contributed by atoms with Crippen LogP contribution in [0.15, 0.2) is 10.3 Å². The Hall–Kier alpha value is -1.08. The summed E-state index contributed by atoms with van der Waals surface area (Å²) in [5.41, 5.74) is -0.250. The van der Waals surface area contributed by atoms with Crippen molar-refractivity contribution in [1.82, 2.24) is 9.62 Å². The van der Waals surface area contributed by atoms with Gasteiger partial charge in [-0.2, -0.15) is 16.1 Å². The zero-order valence-electron chi connectivity index (χ0n) is 17.1. The van der Waals surface area contributed by atoms with E-state index in [-0.39, 0.29) is 4.21 Å². The van der Waals surface area contributed by atoms with Crippen LogP contribution in [0.25, 0.3) is 0 Å². The first-order valence-electron chi connectivity index (χ1n) is 9.06. The number of amides is 2. The molecule has 0 unspecified atom stereocenters. The molecule has 3 radical (unpaired) electrons. The number of aryl methyl sites for hydroxylation is 1. The third-order valence-corrected chi connectivity index (χ3v) is 8.79. The van der Waals surface area contributed by atoms with Crippen LogP contribution < -0.4 is 9.88 Å². The van der Waals surface area contributed by atoms with Gasteiger partial charge in [0.1, 0.15) is 15.9 Å². The standard InChI is InChI=1S/C17H26N3O5S3Si/c1-11(18-16(22)25-17(3,4)5)15(21)20(29)13-10-14(27-12(13)2)28(23,24)19-6-8-26-9-7-19/h10-11H,6-9H2,1-5H3,(H,18,22)/t11-/m0/s1. The molecule has 12 heteroatoms. The lowest BCUT2D eigenvalue weighted by Crippen LogP contribution is -2.47. The molecule has 1 saturated heterocycles. The Morgan fingerprint density at radius 2 is 1.90 bits per heavy atom. The van der Waals surface area contributed by atoms with Crippen molar-refractivity contribution in [2.24, 2.45) is 0 Å². The minimum Gasteiger partial charge on any atom is -0.444 e. The van der Waals surface area contributed by atoms with Crippen LogP contribution in [0.2, 0.25) is 0 Å². The van der Waals surface area contributed by atoms with Gasteiger partial charge in [0.05, 0.1) is 5.69 Å². The molecule has 1 aromatic heterocycles. The molecule has 0 saturated carbocycles. The van der Waals surface area contributed by atoms with E-state index in [1.54, 1.807) is 39.5 Å². The molecule has 1 aliphatic heterocycles. The molecule has 2 rings (SSSR count). The molecular formula is C17H26N3O5S3Si. The Balaban J connectivity index is 2.13. The van der Waals surface area contributed by atoms with Crippen LogP contribution in [0.5, 0.6) is 0 Å². The molecule has 1 aliphatic rings. The Labute approximate surface area is 183 Å².